The number of thioether (sulfide) groups is 1. The zero-order valence-electron chi connectivity index (χ0n) is 11.7. The number of fused-ring (bicyclic) bond motifs is 1. The summed E-state index contributed by atoms with van der Waals surface area (Å²) < 4.78 is 5.23. The Balaban J connectivity index is 1.92. The molecule has 0 saturated carbocycles. The second kappa shape index (κ2) is 5.57. The second-order valence-electron chi connectivity index (χ2n) is 4.48. The van der Waals surface area contributed by atoms with Gasteiger partial charge in [0.05, 0.1) is 10.9 Å². The van der Waals surface area contributed by atoms with Crippen LogP contribution in [0.1, 0.15) is 10.4 Å². The molecule has 0 atom stereocenters. The molecule has 0 radical (unpaired) electrons. The summed E-state index contributed by atoms with van der Waals surface area (Å²) in [4.78, 5) is 21.2. The van der Waals surface area contributed by atoms with Crippen LogP contribution in [-0.4, -0.2) is 22.1 Å². The molecule has 1 amide bonds. The highest BCUT2D eigenvalue weighted by atomic mass is 32.2. The van der Waals surface area contributed by atoms with Gasteiger partial charge < -0.3 is 21.2 Å². The maximum atomic E-state index is 12.4. The van der Waals surface area contributed by atoms with Gasteiger partial charge in [0.1, 0.15) is 12.1 Å². The second-order valence-corrected chi connectivity index (χ2v) is 5.36. The van der Waals surface area contributed by atoms with Crippen LogP contribution in [0.25, 0.3) is 11.1 Å². The van der Waals surface area contributed by atoms with Gasteiger partial charge in [-0.2, -0.15) is 9.97 Å². The van der Waals surface area contributed by atoms with Gasteiger partial charge in [-0.15, -0.1) is 11.8 Å². The predicted octanol–water partition coefficient (Wildman–Crippen LogP) is 2.36. The molecule has 112 valence electrons. The van der Waals surface area contributed by atoms with Crippen LogP contribution >= 0.6 is 11.8 Å². The standard InChI is InChI=1S/C14H13N5O2S/c1-22-8-4-2-7(3-5-8)17-12(20)9-6-21-13-10(9)11(15)18-14(16)19-13/h2-6H,1H3,(H,17,20)(H4,15,16,18,19). The van der Waals surface area contributed by atoms with E-state index in [1.54, 1.807) is 11.8 Å². The van der Waals surface area contributed by atoms with Gasteiger partial charge in [-0.1, -0.05) is 0 Å². The Kier molecular flexibility index (Phi) is 3.60. The van der Waals surface area contributed by atoms with Crippen LogP contribution in [0.3, 0.4) is 0 Å². The SMILES string of the molecule is CSc1ccc(NC(=O)c2coc3nc(N)nc(N)c23)cc1. The van der Waals surface area contributed by atoms with E-state index in [0.29, 0.717) is 11.1 Å². The van der Waals surface area contributed by atoms with E-state index in [9.17, 15) is 4.79 Å². The smallest absolute Gasteiger partial charge is 0.259 e. The molecule has 0 bridgehead atoms. The number of nitrogen functional groups attached to an aromatic ring is 2. The first-order valence-corrected chi connectivity index (χ1v) is 7.56. The molecule has 0 aliphatic heterocycles. The highest BCUT2D eigenvalue weighted by molar-refractivity contribution is 7.98. The molecule has 0 fully saturated rings. The van der Waals surface area contributed by atoms with Crippen LogP contribution in [0, 0.1) is 0 Å². The number of benzene rings is 1. The number of furan rings is 1. The molecule has 1 aromatic carbocycles. The number of nitrogens with one attached hydrogen (secondary N) is 1. The van der Waals surface area contributed by atoms with Crippen molar-refractivity contribution < 1.29 is 9.21 Å². The summed E-state index contributed by atoms with van der Waals surface area (Å²) in [5.74, 6) is -0.242. The number of carbonyl (C=O) groups excluding carboxylic acids is 1. The first-order valence-electron chi connectivity index (χ1n) is 6.34. The first-order chi connectivity index (χ1) is 10.6. The number of aromatic nitrogens is 2. The molecule has 0 unspecified atom stereocenters. The van der Waals surface area contributed by atoms with Crippen molar-refractivity contribution in [1.29, 1.82) is 0 Å². The van der Waals surface area contributed by atoms with Crippen molar-refractivity contribution in [2.75, 3.05) is 23.0 Å². The molecular weight excluding hydrogens is 302 g/mol. The van der Waals surface area contributed by atoms with Gasteiger partial charge in [0.2, 0.25) is 11.7 Å². The Labute approximate surface area is 130 Å². The van der Waals surface area contributed by atoms with Gasteiger partial charge in [-0.3, -0.25) is 4.79 Å². The molecule has 3 rings (SSSR count). The molecule has 0 saturated heterocycles. The lowest BCUT2D eigenvalue weighted by molar-refractivity contribution is 0.102. The largest absolute Gasteiger partial charge is 0.445 e. The van der Waals surface area contributed by atoms with Crippen molar-refractivity contribution in [2.45, 2.75) is 4.90 Å². The molecule has 2 heterocycles. The topological polar surface area (TPSA) is 120 Å². The normalized spacial score (nSPS) is 10.8. The van der Waals surface area contributed by atoms with Crippen LogP contribution in [-0.2, 0) is 0 Å². The Hall–Kier alpha value is -2.74. The number of rotatable bonds is 3. The fourth-order valence-electron chi connectivity index (χ4n) is 2.03. The van der Waals surface area contributed by atoms with Crippen molar-refractivity contribution in [2.24, 2.45) is 0 Å². The van der Waals surface area contributed by atoms with Crippen molar-refractivity contribution >= 4 is 46.2 Å². The number of anilines is 3. The molecule has 3 aromatic rings. The van der Waals surface area contributed by atoms with Crippen LogP contribution in [0.15, 0.2) is 39.8 Å². The lowest BCUT2D eigenvalue weighted by Crippen LogP contribution is -2.12. The van der Waals surface area contributed by atoms with Crippen molar-refractivity contribution in [3.63, 3.8) is 0 Å². The average molecular weight is 315 g/mol. The Morgan fingerprint density at radius 2 is 1.95 bits per heavy atom. The van der Waals surface area contributed by atoms with Gasteiger partial charge in [-0.05, 0) is 30.5 Å². The Bertz CT molecular complexity index is 844. The Morgan fingerprint density at radius 3 is 2.64 bits per heavy atom. The van der Waals surface area contributed by atoms with E-state index in [4.69, 9.17) is 15.9 Å². The summed E-state index contributed by atoms with van der Waals surface area (Å²) in [5, 5.41) is 3.13. The summed E-state index contributed by atoms with van der Waals surface area (Å²) in [6.07, 6.45) is 3.28. The molecule has 0 aliphatic carbocycles. The van der Waals surface area contributed by atoms with Crippen LogP contribution < -0.4 is 16.8 Å². The third-order valence-corrected chi connectivity index (χ3v) is 3.81. The minimum Gasteiger partial charge on any atom is -0.445 e. The van der Waals surface area contributed by atoms with Crippen molar-refractivity contribution in [3.05, 3.63) is 36.1 Å². The fraction of sp³-hybridized carbons (Fsp3) is 0.0714. The molecule has 8 heteroatoms. The van der Waals surface area contributed by atoms with E-state index in [2.05, 4.69) is 15.3 Å². The first kappa shape index (κ1) is 14.2. The van der Waals surface area contributed by atoms with Gasteiger partial charge in [-0.25, -0.2) is 0 Å². The van der Waals surface area contributed by atoms with E-state index < -0.39 is 0 Å². The van der Waals surface area contributed by atoms with Crippen LogP contribution in [0.5, 0.6) is 0 Å². The summed E-state index contributed by atoms with van der Waals surface area (Å²) in [7, 11) is 0. The van der Waals surface area contributed by atoms with E-state index >= 15 is 0 Å². The molecule has 7 nitrogen and oxygen atoms in total. The zero-order chi connectivity index (χ0) is 15.7. The Morgan fingerprint density at radius 1 is 1.23 bits per heavy atom. The summed E-state index contributed by atoms with van der Waals surface area (Å²) in [6.45, 7) is 0. The van der Waals surface area contributed by atoms with E-state index in [1.165, 1.54) is 6.26 Å². The molecule has 22 heavy (non-hydrogen) atoms. The molecular formula is C14H13N5O2S. The monoisotopic (exact) mass is 315 g/mol. The lowest BCUT2D eigenvalue weighted by atomic mass is 10.2. The molecule has 5 N–H and O–H groups in total. The van der Waals surface area contributed by atoms with E-state index in [-0.39, 0.29) is 29.0 Å². The molecule has 0 spiro atoms. The maximum absolute atomic E-state index is 12.4. The number of hydrogen-bond acceptors (Lipinski definition) is 7. The fourth-order valence-corrected chi connectivity index (χ4v) is 2.43. The maximum Gasteiger partial charge on any atom is 0.259 e. The third kappa shape index (κ3) is 2.56. The van der Waals surface area contributed by atoms with Crippen molar-refractivity contribution in [1.82, 2.24) is 9.97 Å². The van der Waals surface area contributed by atoms with E-state index in [1.807, 2.05) is 30.5 Å². The number of hydrogen-bond donors (Lipinski definition) is 3. The third-order valence-electron chi connectivity index (χ3n) is 3.07. The zero-order valence-corrected chi connectivity index (χ0v) is 12.5. The van der Waals surface area contributed by atoms with Gasteiger partial charge in [0, 0.05) is 10.6 Å². The van der Waals surface area contributed by atoms with Gasteiger partial charge >= 0.3 is 0 Å². The predicted molar refractivity (Wildman–Crippen MR) is 86.8 cm³/mol. The quantitative estimate of drug-likeness (QED) is 0.634. The number of amides is 1. The summed E-state index contributed by atoms with van der Waals surface area (Å²) >= 11 is 1.63. The number of nitrogens with zero attached hydrogens (tertiary/aromatic N) is 2. The summed E-state index contributed by atoms with van der Waals surface area (Å²) in [6, 6.07) is 7.49. The van der Waals surface area contributed by atoms with Gasteiger partial charge in [0.15, 0.2) is 0 Å². The van der Waals surface area contributed by atoms with Gasteiger partial charge in [0.25, 0.3) is 5.91 Å². The van der Waals surface area contributed by atoms with Crippen molar-refractivity contribution in [3.8, 4) is 0 Å². The highest BCUT2D eigenvalue weighted by Crippen LogP contribution is 2.26. The molecule has 2 aromatic heterocycles. The van der Waals surface area contributed by atoms with Crippen LogP contribution in [0.2, 0.25) is 0 Å². The van der Waals surface area contributed by atoms with Crippen LogP contribution in [0.4, 0.5) is 17.5 Å². The average Bonchev–Trinajstić information content (AvgIpc) is 2.92. The minimum atomic E-state index is -0.351. The number of carbonyl (C=O) groups is 1. The minimum absolute atomic E-state index is 0.000961. The lowest BCUT2D eigenvalue weighted by Gasteiger charge is -2.05. The molecule has 0 aliphatic rings. The number of nitrogens with two attached hydrogens (primary N) is 2. The van der Waals surface area contributed by atoms with E-state index in [0.717, 1.165) is 4.90 Å². The summed E-state index contributed by atoms with van der Waals surface area (Å²) in [5.41, 5.74) is 12.4. The highest BCUT2D eigenvalue weighted by Gasteiger charge is 2.18.